The third-order valence-corrected chi connectivity index (χ3v) is 4.39. The monoisotopic (exact) mass is 405 g/mol. The van der Waals surface area contributed by atoms with E-state index in [0.717, 1.165) is 11.1 Å². The Hall–Kier alpha value is -4.20. The van der Waals surface area contributed by atoms with Crippen LogP contribution < -0.4 is 15.6 Å². The van der Waals surface area contributed by atoms with Crippen LogP contribution in [-0.2, 0) is 4.79 Å². The maximum absolute atomic E-state index is 12.3. The van der Waals surface area contributed by atoms with Gasteiger partial charge >= 0.3 is 0 Å². The van der Waals surface area contributed by atoms with E-state index in [0.29, 0.717) is 5.75 Å². The number of rotatable bonds is 6. The summed E-state index contributed by atoms with van der Waals surface area (Å²) in [5.74, 6) is -0.705. The smallest absolute Gasteiger partial charge is 0.276 e. The minimum atomic E-state index is -0.658. The molecule has 0 radical (unpaired) electrons. The Morgan fingerprint density at radius 1 is 0.933 bits per heavy atom. The van der Waals surface area contributed by atoms with E-state index in [9.17, 15) is 19.7 Å². The molecule has 0 aliphatic heterocycles. The van der Waals surface area contributed by atoms with Crippen molar-refractivity contribution >= 4 is 17.5 Å². The SMILES string of the molecule is Cc1c(C(=O)NNC(=O)COc2ccccc2-c2ccccc2)cccc1[N+](=O)[O-]. The number of hydrazine groups is 1. The number of benzene rings is 3. The number of amides is 2. The maximum atomic E-state index is 12.3. The second-order valence-electron chi connectivity index (χ2n) is 6.36. The van der Waals surface area contributed by atoms with Crippen molar-refractivity contribution in [1.29, 1.82) is 0 Å². The zero-order valence-corrected chi connectivity index (χ0v) is 16.1. The van der Waals surface area contributed by atoms with Crippen molar-refractivity contribution in [2.75, 3.05) is 6.61 Å². The number of hydrogen-bond acceptors (Lipinski definition) is 5. The molecule has 8 nitrogen and oxygen atoms in total. The van der Waals surface area contributed by atoms with Gasteiger partial charge in [-0.1, -0.05) is 54.6 Å². The summed E-state index contributed by atoms with van der Waals surface area (Å²) in [5.41, 5.74) is 6.42. The van der Waals surface area contributed by atoms with Gasteiger partial charge in [0.15, 0.2) is 6.61 Å². The van der Waals surface area contributed by atoms with E-state index in [2.05, 4.69) is 10.9 Å². The van der Waals surface area contributed by atoms with E-state index in [1.807, 2.05) is 42.5 Å². The lowest BCUT2D eigenvalue weighted by atomic mass is 10.1. The number of ether oxygens (including phenoxy) is 1. The molecule has 3 aromatic carbocycles. The van der Waals surface area contributed by atoms with Gasteiger partial charge in [-0.05, 0) is 24.6 Å². The predicted octanol–water partition coefficient (Wildman–Crippen LogP) is 3.41. The van der Waals surface area contributed by atoms with E-state index in [1.165, 1.54) is 25.1 Å². The van der Waals surface area contributed by atoms with Gasteiger partial charge in [-0.3, -0.25) is 30.6 Å². The van der Waals surface area contributed by atoms with Crippen LogP contribution >= 0.6 is 0 Å². The van der Waals surface area contributed by atoms with Gasteiger partial charge < -0.3 is 4.74 Å². The Bertz CT molecular complexity index is 1080. The summed E-state index contributed by atoms with van der Waals surface area (Å²) >= 11 is 0. The molecule has 0 saturated heterocycles. The average Bonchev–Trinajstić information content (AvgIpc) is 2.76. The molecule has 2 N–H and O–H groups in total. The fourth-order valence-corrected chi connectivity index (χ4v) is 2.89. The second-order valence-corrected chi connectivity index (χ2v) is 6.36. The standard InChI is InChI=1S/C22H19N3O5/c1-15-17(11-7-12-19(15)25(28)29)22(27)24-23-21(26)14-30-20-13-6-5-10-18(20)16-8-3-2-4-9-16/h2-13H,14H2,1H3,(H,23,26)(H,24,27). The first-order valence-electron chi connectivity index (χ1n) is 9.08. The summed E-state index contributed by atoms with van der Waals surface area (Å²) in [4.78, 5) is 34.8. The molecule has 0 saturated carbocycles. The minimum Gasteiger partial charge on any atom is -0.483 e. The zero-order chi connectivity index (χ0) is 21.5. The van der Waals surface area contributed by atoms with E-state index >= 15 is 0 Å². The number of carbonyl (C=O) groups is 2. The molecule has 0 unspecified atom stereocenters. The van der Waals surface area contributed by atoms with Gasteiger partial charge in [-0.25, -0.2) is 0 Å². The molecule has 3 rings (SSSR count). The highest BCUT2D eigenvalue weighted by Crippen LogP contribution is 2.29. The molecule has 0 fully saturated rings. The highest BCUT2D eigenvalue weighted by molar-refractivity contribution is 5.97. The van der Waals surface area contributed by atoms with Crippen molar-refractivity contribution < 1.29 is 19.2 Å². The quantitative estimate of drug-likeness (QED) is 0.482. The lowest BCUT2D eigenvalue weighted by Crippen LogP contribution is -2.44. The Morgan fingerprint density at radius 3 is 2.37 bits per heavy atom. The first kappa shape index (κ1) is 20.5. The molecule has 0 aromatic heterocycles. The van der Waals surface area contributed by atoms with Crippen molar-refractivity contribution in [1.82, 2.24) is 10.9 Å². The van der Waals surface area contributed by atoms with Crippen LogP contribution in [0.15, 0.2) is 72.8 Å². The topological polar surface area (TPSA) is 111 Å². The molecule has 152 valence electrons. The van der Waals surface area contributed by atoms with Gasteiger partial charge in [0.1, 0.15) is 5.75 Å². The summed E-state index contributed by atoms with van der Waals surface area (Å²) in [5, 5.41) is 11.0. The first-order chi connectivity index (χ1) is 14.5. The van der Waals surface area contributed by atoms with E-state index in [1.54, 1.807) is 12.1 Å². The molecule has 0 spiro atoms. The van der Waals surface area contributed by atoms with Gasteiger partial charge in [-0.15, -0.1) is 0 Å². The highest BCUT2D eigenvalue weighted by Gasteiger charge is 2.18. The molecule has 0 atom stereocenters. The van der Waals surface area contributed by atoms with Crippen LogP contribution in [0.5, 0.6) is 5.75 Å². The maximum Gasteiger partial charge on any atom is 0.276 e. The number of carbonyl (C=O) groups excluding carboxylic acids is 2. The Labute approximate surface area is 172 Å². The summed E-state index contributed by atoms with van der Waals surface area (Å²) < 4.78 is 5.61. The number of nitrogens with one attached hydrogen (secondary N) is 2. The molecule has 0 aliphatic rings. The molecule has 8 heteroatoms. The number of nitro groups is 1. The third kappa shape index (κ3) is 4.79. The van der Waals surface area contributed by atoms with Gasteiger partial charge in [0.05, 0.1) is 10.5 Å². The molecule has 30 heavy (non-hydrogen) atoms. The Morgan fingerprint density at radius 2 is 1.63 bits per heavy atom. The molecule has 0 aliphatic carbocycles. The Kier molecular flexibility index (Phi) is 6.39. The minimum absolute atomic E-state index is 0.0971. The predicted molar refractivity (Wildman–Crippen MR) is 111 cm³/mol. The highest BCUT2D eigenvalue weighted by atomic mass is 16.6. The zero-order valence-electron chi connectivity index (χ0n) is 16.1. The van der Waals surface area contributed by atoms with Crippen LogP contribution in [0, 0.1) is 17.0 Å². The van der Waals surface area contributed by atoms with Crippen LogP contribution in [-0.4, -0.2) is 23.3 Å². The van der Waals surface area contributed by atoms with E-state index < -0.39 is 16.7 Å². The van der Waals surface area contributed by atoms with Crippen molar-refractivity contribution in [3.05, 3.63) is 94.0 Å². The molecular weight excluding hydrogens is 386 g/mol. The van der Waals surface area contributed by atoms with Gasteiger partial charge in [0.25, 0.3) is 17.5 Å². The van der Waals surface area contributed by atoms with Crippen molar-refractivity contribution in [2.45, 2.75) is 6.92 Å². The van der Waals surface area contributed by atoms with Gasteiger partial charge in [0, 0.05) is 17.2 Å². The third-order valence-electron chi connectivity index (χ3n) is 4.39. The van der Waals surface area contributed by atoms with Crippen LogP contribution in [0.3, 0.4) is 0 Å². The van der Waals surface area contributed by atoms with Crippen LogP contribution in [0.2, 0.25) is 0 Å². The van der Waals surface area contributed by atoms with E-state index in [4.69, 9.17) is 4.74 Å². The lowest BCUT2D eigenvalue weighted by Gasteiger charge is -2.12. The molecular formula is C22H19N3O5. The number of para-hydroxylation sites is 1. The van der Waals surface area contributed by atoms with Crippen LogP contribution in [0.1, 0.15) is 15.9 Å². The van der Waals surface area contributed by atoms with Crippen molar-refractivity contribution in [3.63, 3.8) is 0 Å². The summed E-state index contributed by atoms with van der Waals surface area (Å²) in [6.07, 6.45) is 0. The average molecular weight is 405 g/mol. The fourth-order valence-electron chi connectivity index (χ4n) is 2.89. The summed E-state index contributed by atoms with van der Waals surface area (Å²) in [6, 6.07) is 21.1. The van der Waals surface area contributed by atoms with Crippen LogP contribution in [0.4, 0.5) is 5.69 Å². The molecule has 0 bridgehead atoms. The van der Waals surface area contributed by atoms with E-state index in [-0.39, 0.29) is 23.4 Å². The molecule has 0 heterocycles. The lowest BCUT2D eigenvalue weighted by molar-refractivity contribution is -0.385. The van der Waals surface area contributed by atoms with Crippen molar-refractivity contribution in [2.24, 2.45) is 0 Å². The van der Waals surface area contributed by atoms with Crippen molar-refractivity contribution in [3.8, 4) is 16.9 Å². The van der Waals surface area contributed by atoms with Gasteiger partial charge in [0.2, 0.25) is 0 Å². The number of nitrogens with zero attached hydrogens (tertiary/aromatic N) is 1. The van der Waals surface area contributed by atoms with Gasteiger partial charge in [-0.2, -0.15) is 0 Å². The first-order valence-corrected chi connectivity index (χ1v) is 9.08. The Balaban J connectivity index is 1.60. The number of nitro benzene ring substituents is 1. The molecule has 3 aromatic rings. The largest absolute Gasteiger partial charge is 0.483 e. The normalized spacial score (nSPS) is 10.2. The summed E-state index contributed by atoms with van der Waals surface area (Å²) in [6.45, 7) is 1.15. The molecule has 2 amide bonds. The summed E-state index contributed by atoms with van der Waals surface area (Å²) in [7, 11) is 0. The fraction of sp³-hybridized carbons (Fsp3) is 0.0909. The second kappa shape index (κ2) is 9.33. The number of hydrogen-bond donors (Lipinski definition) is 2. The van der Waals surface area contributed by atoms with Crippen LogP contribution in [0.25, 0.3) is 11.1 Å².